The summed E-state index contributed by atoms with van der Waals surface area (Å²) in [5.74, 6) is 0.00283. The van der Waals surface area contributed by atoms with E-state index in [9.17, 15) is 13.2 Å². The van der Waals surface area contributed by atoms with Crippen LogP contribution in [-0.2, 0) is 6.18 Å². The van der Waals surface area contributed by atoms with E-state index >= 15 is 0 Å². The first-order valence-corrected chi connectivity index (χ1v) is 6.36. The number of anilines is 1. The van der Waals surface area contributed by atoms with Gasteiger partial charge in [-0.05, 0) is 19.1 Å². The molecule has 0 amide bonds. The molecule has 0 unspecified atom stereocenters. The van der Waals surface area contributed by atoms with Gasteiger partial charge in [0.25, 0.3) is 0 Å². The third-order valence-electron chi connectivity index (χ3n) is 2.71. The standard InChI is InChI=1S/C13H20F3N3/c1-4-19(9-8-17-10(2)3)12-11(13(14,15)16)6-5-7-18-12/h5-7,10,17H,4,8-9H2,1-3H3. The normalized spacial score (nSPS) is 11.9. The molecule has 0 aliphatic rings. The minimum Gasteiger partial charge on any atom is -0.355 e. The summed E-state index contributed by atoms with van der Waals surface area (Å²) in [5, 5.41) is 3.19. The van der Waals surface area contributed by atoms with E-state index in [-0.39, 0.29) is 5.82 Å². The fourth-order valence-corrected chi connectivity index (χ4v) is 1.77. The average molecular weight is 275 g/mol. The van der Waals surface area contributed by atoms with Crippen LogP contribution in [0.1, 0.15) is 26.3 Å². The Morgan fingerprint density at radius 1 is 1.37 bits per heavy atom. The number of nitrogens with one attached hydrogen (secondary N) is 1. The lowest BCUT2D eigenvalue weighted by Gasteiger charge is -2.25. The van der Waals surface area contributed by atoms with Gasteiger partial charge in [-0.2, -0.15) is 13.2 Å². The van der Waals surface area contributed by atoms with Crippen molar-refractivity contribution in [3.8, 4) is 0 Å². The van der Waals surface area contributed by atoms with E-state index in [1.54, 1.807) is 4.90 Å². The van der Waals surface area contributed by atoms with E-state index in [2.05, 4.69) is 10.3 Å². The Bertz CT molecular complexity index is 391. The van der Waals surface area contributed by atoms with E-state index in [1.165, 1.54) is 12.3 Å². The van der Waals surface area contributed by atoms with Gasteiger partial charge in [-0.25, -0.2) is 4.98 Å². The summed E-state index contributed by atoms with van der Waals surface area (Å²) in [4.78, 5) is 5.53. The van der Waals surface area contributed by atoms with Crippen LogP contribution in [0.5, 0.6) is 0 Å². The molecule has 0 aliphatic carbocycles. The molecule has 1 rings (SSSR count). The van der Waals surface area contributed by atoms with E-state index in [4.69, 9.17) is 0 Å². The SMILES string of the molecule is CCN(CCNC(C)C)c1ncccc1C(F)(F)F. The van der Waals surface area contributed by atoms with Crippen molar-refractivity contribution in [3.63, 3.8) is 0 Å². The molecule has 108 valence electrons. The lowest BCUT2D eigenvalue weighted by molar-refractivity contribution is -0.137. The van der Waals surface area contributed by atoms with Crippen molar-refractivity contribution in [3.05, 3.63) is 23.9 Å². The molecule has 19 heavy (non-hydrogen) atoms. The molecule has 0 aromatic carbocycles. The number of halogens is 3. The Labute approximate surface area is 111 Å². The summed E-state index contributed by atoms with van der Waals surface area (Å²) >= 11 is 0. The molecular weight excluding hydrogens is 255 g/mol. The Balaban J connectivity index is 2.86. The largest absolute Gasteiger partial charge is 0.419 e. The fraction of sp³-hybridized carbons (Fsp3) is 0.615. The zero-order valence-corrected chi connectivity index (χ0v) is 11.5. The average Bonchev–Trinajstić information content (AvgIpc) is 2.33. The molecule has 0 aliphatic heterocycles. The molecule has 0 saturated heterocycles. The molecule has 0 atom stereocenters. The van der Waals surface area contributed by atoms with Crippen molar-refractivity contribution < 1.29 is 13.2 Å². The van der Waals surface area contributed by atoms with Crippen molar-refractivity contribution in [2.75, 3.05) is 24.5 Å². The number of pyridine rings is 1. The molecule has 1 N–H and O–H groups in total. The van der Waals surface area contributed by atoms with Crippen LogP contribution in [0, 0.1) is 0 Å². The Kier molecular flexibility index (Phi) is 5.60. The van der Waals surface area contributed by atoms with Crippen molar-refractivity contribution in [2.45, 2.75) is 33.0 Å². The molecule has 3 nitrogen and oxygen atoms in total. The molecule has 0 spiro atoms. The summed E-state index contributed by atoms with van der Waals surface area (Å²) < 4.78 is 38.7. The van der Waals surface area contributed by atoms with Crippen LogP contribution < -0.4 is 10.2 Å². The van der Waals surface area contributed by atoms with Crippen LogP contribution in [0.2, 0.25) is 0 Å². The third-order valence-corrected chi connectivity index (χ3v) is 2.71. The molecule has 1 aromatic heterocycles. The van der Waals surface area contributed by atoms with E-state index in [1.807, 2.05) is 20.8 Å². The first kappa shape index (κ1) is 15.8. The van der Waals surface area contributed by atoms with Gasteiger partial charge in [0.05, 0.1) is 5.56 Å². The highest BCUT2D eigenvalue weighted by molar-refractivity contribution is 5.48. The summed E-state index contributed by atoms with van der Waals surface area (Å²) in [5.41, 5.74) is -0.679. The molecular formula is C13H20F3N3. The molecule has 0 radical (unpaired) electrons. The van der Waals surface area contributed by atoms with Crippen molar-refractivity contribution in [2.24, 2.45) is 0 Å². The molecule has 0 saturated carbocycles. The fourth-order valence-electron chi connectivity index (χ4n) is 1.77. The minimum absolute atomic E-state index is 0.00283. The molecule has 6 heteroatoms. The topological polar surface area (TPSA) is 28.2 Å². The second-order valence-corrected chi connectivity index (χ2v) is 4.56. The van der Waals surface area contributed by atoms with Crippen LogP contribution in [0.15, 0.2) is 18.3 Å². The van der Waals surface area contributed by atoms with Crippen LogP contribution in [0.4, 0.5) is 19.0 Å². The van der Waals surface area contributed by atoms with Gasteiger partial charge in [-0.3, -0.25) is 0 Å². The lowest BCUT2D eigenvalue weighted by atomic mass is 10.2. The number of hydrogen-bond donors (Lipinski definition) is 1. The molecule has 1 heterocycles. The van der Waals surface area contributed by atoms with Crippen molar-refractivity contribution in [1.29, 1.82) is 0 Å². The van der Waals surface area contributed by atoms with Gasteiger partial charge in [0.2, 0.25) is 0 Å². The molecule has 0 bridgehead atoms. The number of nitrogens with zero attached hydrogens (tertiary/aromatic N) is 2. The quantitative estimate of drug-likeness (QED) is 0.865. The van der Waals surface area contributed by atoms with Gasteiger partial charge in [-0.1, -0.05) is 13.8 Å². The van der Waals surface area contributed by atoms with Crippen LogP contribution in [-0.4, -0.2) is 30.7 Å². The number of likely N-dealkylation sites (N-methyl/N-ethyl adjacent to an activating group) is 1. The Hall–Kier alpha value is -1.30. The number of hydrogen-bond acceptors (Lipinski definition) is 3. The van der Waals surface area contributed by atoms with Gasteiger partial charge < -0.3 is 10.2 Å². The summed E-state index contributed by atoms with van der Waals surface area (Å²) in [7, 11) is 0. The van der Waals surface area contributed by atoms with Gasteiger partial charge in [0, 0.05) is 31.9 Å². The highest BCUT2D eigenvalue weighted by Crippen LogP contribution is 2.34. The second-order valence-electron chi connectivity index (χ2n) is 4.56. The van der Waals surface area contributed by atoms with E-state index in [0.717, 1.165) is 6.07 Å². The summed E-state index contributed by atoms with van der Waals surface area (Å²) in [6.07, 6.45) is -2.98. The smallest absolute Gasteiger partial charge is 0.355 e. The van der Waals surface area contributed by atoms with Gasteiger partial charge in [-0.15, -0.1) is 0 Å². The number of rotatable bonds is 6. The number of aromatic nitrogens is 1. The maximum atomic E-state index is 12.9. The molecule has 0 fully saturated rings. The first-order valence-electron chi connectivity index (χ1n) is 6.36. The lowest BCUT2D eigenvalue weighted by Crippen LogP contribution is -2.36. The van der Waals surface area contributed by atoms with Gasteiger partial charge in [0.15, 0.2) is 0 Å². The monoisotopic (exact) mass is 275 g/mol. The maximum Gasteiger partial charge on any atom is 0.419 e. The molecule has 1 aromatic rings. The van der Waals surface area contributed by atoms with Crippen molar-refractivity contribution >= 4 is 5.82 Å². The zero-order chi connectivity index (χ0) is 14.5. The van der Waals surface area contributed by atoms with Gasteiger partial charge in [0.1, 0.15) is 5.82 Å². The predicted molar refractivity (Wildman–Crippen MR) is 70.3 cm³/mol. The Morgan fingerprint density at radius 3 is 2.58 bits per heavy atom. The number of alkyl halides is 3. The second kappa shape index (κ2) is 6.75. The highest BCUT2D eigenvalue weighted by atomic mass is 19.4. The summed E-state index contributed by atoms with van der Waals surface area (Å²) in [6.45, 7) is 7.43. The van der Waals surface area contributed by atoms with Crippen LogP contribution in [0.25, 0.3) is 0 Å². The van der Waals surface area contributed by atoms with E-state index in [0.29, 0.717) is 25.7 Å². The van der Waals surface area contributed by atoms with Crippen LogP contribution >= 0.6 is 0 Å². The van der Waals surface area contributed by atoms with E-state index < -0.39 is 11.7 Å². The summed E-state index contributed by atoms with van der Waals surface area (Å²) in [6, 6.07) is 2.69. The third kappa shape index (κ3) is 4.70. The Morgan fingerprint density at radius 2 is 2.05 bits per heavy atom. The van der Waals surface area contributed by atoms with Crippen molar-refractivity contribution in [1.82, 2.24) is 10.3 Å². The van der Waals surface area contributed by atoms with Crippen LogP contribution in [0.3, 0.4) is 0 Å². The first-order chi connectivity index (χ1) is 8.86. The predicted octanol–water partition coefficient (Wildman–Crippen LogP) is 2.92. The highest BCUT2D eigenvalue weighted by Gasteiger charge is 2.35. The zero-order valence-electron chi connectivity index (χ0n) is 11.5. The maximum absolute atomic E-state index is 12.9. The van der Waals surface area contributed by atoms with Gasteiger partial charge >= 0.3 is 6.18 Å². The minimum atomic E-state index is -4.37.